The molecule has 1 aliphatic heterocycles. The highest BCUT2D eigenvalue weighted by Crippen LogP contribution is 2.24. The fourth-order valence-corrected chi connectivity index (χ4v) is 2.79. The van der Waals surface area contributed by atoms with E-state index in [2.05, 4.69) is 15.3 Å². The minimum Gasteiger partial charge on any atom is -0.453 e. The number of pyridine rings is 1. The minimum atomic E-state index is -0.442. The molecule has 3 rings (SSSR count). The predicted molar refractivity (Wildman–Crippen MR) is 97.7 cm³/mol. The highest BCUT2D eigenvalue weighted by atomic mass is 19.1. The second kappa shape index (κ2) is 8.62. The van der Waals surface area contributed by atoms with Crippen LogP contribution in [0.2, 0.25) is 0 Å². The van der Waals surface area contributed by atoms with Crippen LogP contribution in [-0.2, 0) is 6.54 Å². The molecule has 1 aromatic heterocycles. The molecule has 1 aromatic carbocycles. The van der Waals surface area contributed by atoms with E-state index in [9.17, 15) is 9.50 Å². The van der Waals surface area contributed by atoms with Crippen LogP contribution in [0.5, 0.6) is 11.5 Å². The lowest BCUT2D eigenvalue weighted by Gasteiger charge is -2.21. The van der Waals surface area contributed by atoms with Gasteiger partial charge in [-0.05, 0) is 43.2 Å². The van der Waals surface area contributed by atoms with Crippen molar-refractivity contribution in [3.8, 4) is 11.5 Å². The predicted octanol–water partition coefficient (Wildman–Crippen LogP) is 2.55. The average molecular weight is 358 g/mol. The summed E-state index contributed by atoms with van der Waals surface area (Å²) >= 11 is 0. The summed E-state index contributed by atoms with van der Waals surface area (Å²) in [6.07, 6.45) is 3.58. The Balaban J connectivity index is 1.68. The van der Waals surface area contributed by atoms with Crippen molar-refractivity contribution in [2.45, 2.75) is 26.0 Å². The van der Waals surface area contributed by atoms with Crippen LogP contribution in [0, 0.1) is 5.82 Å². The van der Waals surface area contributed by atoms with Crippen molar-refractivity contribution in [3.63, 3.8) is 0 Å². The van der Waals surface area contributed by atoms with Crippen molar-refractivity contribution in [2.75, 3.05) is 19.6 Å². The summed E-state index contributed by atoms with van der Waals surface area (Å²) < 4.78 is 19.8. The van der Waals surface area contributed by atoms with Gasteiger partial charge in [0.25, 0.3) is 0 Å². The van der Waals surface area contributed by atoms with Crippen LogP contribution < -0.4 is 10.1 Å². The van der Waals surface area contributed by atoms with Crippen LogP contribution in [0.25, 0.3) is 0 Å². The molecule has 0 saturated carbocycles. The Hall–Kier alpha value is -2.67. The van der Waals surface area contributed by atoms with Gasteiger partial charge in [0.05, 0.1) is 18.8 Å². The lowest BCUT2D eigenvalue weighted by Crippen LogP contribution is -2.40. The van der Waals surface area contributed by atoms with Crippen LogP contribution in [0.15, 0.2) is 47.7 Å². The molecular formula is C19H23FN4O2. The fraction of sp³-hybridized carbons (Fsp3) is 0.368. The molecule has 0 amide bonds. The number of guanidine groups is 1. The van der Waals surface area contributed by atoms with Crippen molar-refractivity contribution >= 4 is 5.96 Å². The second-order valence-electron chi connectivity index (χ2n) is 6.11. The number of hydrogen-bond donors (Lipinski definition) is 2. The van der Waals surface area contributed by atoms with Gasteiger partial charge in [0.1, 0.15) is 5.75 Å². The molecule has 0 spiro atoms. The highest BCUT2D eigenvalue weighted by Gasteiger charge is 2.22. The minimum absolute atomic E-state index is 0.153. The van der Waals surface area contributed by atoms with Gasteiger partial charge in [-0.2, -0.15) is 0 Å². The first-order valence-electron chi connectivity index (χ1n) is 8.73. The second-order valence-corrected chi connectivity index (χ2v) is 6.11. The third-order valence-corrected chi connectivity index (χ3v) is 4.07. The van der Waals surface area contributed by atoms with Gasteiger partial charge in [0.15, 0.2) is 17.5 Å². The van der Waals surface area contributed by atoms with Crippen LogP contribution in [0.4, 0.5) is 4.39 Å². The smallest absolute Gasteiger partial charge is 0.194 e. The van der Waals surface area contributed by atoms with Gasteiger partial charge >= 0.3 is 0 Å². The van der Waals surface area contributed by atoms with E-state index in [4.69, 9.17) is 4.74 Å². The van der Waals surface area contributed by atoms with Gasteiger partial charge in [0.2, 0.25) is 0 Å². The molecule has 0 radical (unpaired) electrons. The number of likely N-dealkylation sites (tertiary alicyclic amines) is 1. The molecule has 2 aromatic rings. The van der Waals surface area contributed by atoms with Crippen LogP contribution in [0.1, 0.15) is 18.9 Å². The number of aliphatic imine (C=N–C) groups is 1. The maximum absolute atomic E-state index is 14.3. The van der Waals surface area contributed by atoms with E-state index in [-0.39, 0.29) is 11.9 Å². The Kier molecular flexibility index (Phi) is 6.01. The number of β-amino-alcohol motifs (C(OH)–C–C–N with tert-alkyl or cyclic N) is 1. The van der Waals surface area contributed by atoms with E-state index in [1.165, 1.54) is 12.3 Å². The van der Waals surface area contributed by atoms with E-state index in [1.54, 1.807) is 30.5 Å². The van der Waals surface area contributed by atoms with Crippen molar-refractivity contribution in [1.82, 2.24) is 15.2 Å². The van der Waals surface area contributed by atoms with Gasteiger partial charge < -0.3 is 20.1 Å². The molecule has 1 aliphatic rings. The van der Waals surface area contributed by atoms with Crippen molar-refractivity contribution in [2.24, 2.45) is 4.99 Å². The maximum Gasteiger partial charge on any atom is 0.194 e. The number of halogens is 1. The molecule has 26 heavy (non-hydrogen) atoms. The summed E-state index contributed by atoms with van der Waals surface area (Å²) in [5.41, 5.74) is 0.746. The summed E-state index contributed by atoms with van der Waals surface area (Å²) in [6.45, 7) is 4.40. The number of ether oxygens (including phenoxy) is 1. The van der Waals surface area contributed by atoms with Gasteiger partial charge in [-0.15, -0.1) is 0 Å². The van der Waals surface area contributed by atoms with Gasteiger partial charge in [-0.1, -0.05) is 6.07 Å². The third-order valence-electron chi connectivity index (χ3n) is 4.07. The van der Waals surface area contributed by atoms with E-state index >= 15 is 0 Å². The van der Waals surface area contributed by atoms with Crippen LogP contribution in [-0.4, -0.2) is 46.7 Å². The fourth-order valence-electron chi connectivity index (χ4n) is 2.79. The average Bonchev–Trinajstić information content (AvgIpc) is 3.08. The SMILES string of the molecule is CCNC(=NCc1ccc(Oc2cccnc2)c(F)c1)N1CC[C@@H](O)C1. The third kappa shape index (κ3) is 4.70. The number of benzene rings is 1. The molecule has 1 fully saturated rings. The van der Waals surface area contributed by atoms with Crippen molar-refractivity contribution < 1.29 is 14.2 Å². The number of nitrogens with one attached hydrogen (secondary N) is 1. The Morgan fingerprint density at radius 1 is 1.46 bits per heavy atom. The zero-order valence-electron chi connectivity index (χ0n) is 14.7. The summed E-state index contributed by atoms with van der Waals surface area (Å²) in [5, 5.41) is 12.9. The molecular weight excluding hydrogens is 335 g/mol. The lowest BCUT2D eigenvalue weighted by molar-refractivity contribution is 0.188. The van der Waals surface area contributed by atoms with Crippen molar-refractivity contribution in [1.29, 1.82) is 0 Å². The first-order chi connectivity index (χ1) is 12.7. The van der Waals surface area contributed by atoms with Gasteiger partial charge in [-0.3, -0.25) is 4.98 Å². The standard InChI is InChI=1S/C19H23FN4O2/c1-2-22-19(24-9-7-15(25)13-24)23-11-14-5-6-18(17(20)10-14)26-16-4-3-8-21-12-16/h3-6,8,10,12,15,25H,2,7,9,11,13H2,1H3,(H,22,23)/t15-/m1/s1. The Morgan fingerprint density at radius 3 is 3.00 bits per heavy atom. The maximum atomic E-state index is 14.3. The summed E-state index contributed by atoms with van der Waals surface area (Å²) in [4.78, 5) is 10.5. The molecule has 0 bridgehead atoms. The largest absolute Gasteiger partial charge is 0.453 e. The number of rotatable bonds is 5. The Bertz CT molecular complexity index is 754. The monoisotopic (exact) mass is 358 g/mol. The molecule has 2 N–H and O–H groups in total. The molecule has 0 aliphatic carbocycles. The zero-order valence-corrected chi connectivity index (χ0v) is 14.7. The Labute approximate surface area is 152 Å². The van der Waals surface area contributed by atoms with E-state index in [0.717, 1.165) is 31.0 Å². The highest BCUT2D eigenvalue weighted by molar-refractivity contribution is 5.80. The summed E-state index contributed by atoms with van der Waals surface area (Å²) in [5.74, 6) is 0.933. The molecule has 2 heterocycles. The molecule has 1 saturated heterocycles. The topological polar surface area (TPSA) is 70.0 Å². The normalized spacial score (nSPS) is 17.4. The Morgan fingerprint density at radius 2 is 2.35 bits per heavy atom. The number of aliphatic hydroxyl groups is 1. The molecule has 6 nitrogen and oxygen atoms in total. The van der Waals surface area contributed by atoms with E-state index in [0.29, 0.717) is 18.8 Å². The quantitative estimate of drug-likeness (QED) is 0.635. The van der Waals surface area contributed by atoms with Crippen LogP contribution in [0.3, 0.4) is 0 Å². The van der Waals surface area contributed by atoms with Crippen LogP contribution >= 0.6 is 0 Å². The van der Waals surface area contributed by atoms with E-state index in [1.807, 2.05) is 11.8 Å². The first-order valence-corrected chi connectivity index (χ1v) is 8.73. The lowest BCUT2D eigenvalue weighted by atomic mass is 10.2. The zero-order chi connectivity index (χ0) is 18.4. The van der Waals surface area contributed by atoms with Gasteiger partial charge in [-0.25, -0.2) is 9.38 Å². The molecule has 7 heteroatoms. The number of aromatic nitrogens is 1. The number of nitrogens with zero attached hydrogens (tertiary/aromatic N) is 3. The molecule has 1 atom stereocenters. The number of aliphatic hydroxyl groups excluding tert-OH is 1. The number of hydrogen-bond acceptors (Lipinski definition) is 4. The summed E-state index contributed by atoms with van der Waals surface area (Å²) in [6, 6.07) is 8.27. The summed E-state index contributed by atoms with van der Waals surface area (Å²) in [7, 11) is 0. The first kappa shape index (κ1) is 18.1. The van der Waals surface area contributed by atoms with Crippen molar-refractivity contribution in [3.05, 3.63) is 54.1 Å². The molecule has 138 valence electrons. The van der Waals surface area contributed by atoms with Gasteiger partial charge in [0, 0.05) is 25.8 Å². The van der Waals surface area contributed by atoms with E-state index < -0.39 is 5.82 Å². The molecule has 0 unspecified atom stereocenters.